The maximum absolute atomic E-state index is 12.5. The number of benzene rings is 1. The van der Waals surface area contributed by atoms with Crippen molar-refractivity contribution in [2.75, 3.05) is 31.6 Å². The molecule has 2 heterocycles. The second-order valence-electron chi connectivity index (χ2n) is 6.23. The van der Waals surface area contributed by atoms with Gasteiger partial charge in [-0.25, -0.2) is 4.98 Å². The van der Waals surface area contributed by atoms with Gasteiger partial charge in [-0.05, 0) is 64.0 Å². The molecule has 134 valence electrons. The quantitative estimate of drug-likeness (QED) is 0.818. The summed E-state index contributed by atoms with van der Waals surface area (Å²) in [5.74, 6) is 0.713. The van der Waals surface area contributed by atoms with E-state index in [-0.39, 0.29) is 5.91 Å². The molecular formula is C19H25N3O2S. The maximum Gasteiger partial charge on any atom is 0.267 e. The first kappa shape index (κ1) is 17.9. The largest absolute Gasteiger partial charge is 0.494 e. The fourth-order valence-corrected chi connectivity index (χ4v) is 3.97. The van der Waals surface area contributed by atoms with Crippen LogP contribution in [0.1, 0.15) is 40.1 Å². The summed E-state index contributed by atoms with van der Waals surface area (Å²) < 4.78 is 5.42. The molecule has 5 nitrogen and oxygen atoms in total. The monoisotopic (exact) mass is 359 g/mol. The van der Waals surface area contributed by atoms with Gasteiger partial charge in [0, 0.05) is 18.7 Å². The summed E-state index contributed by atoms with van der Waals surface area (Å²) in [6.45, 7) is 7.90. The zero-order chi connectivity index (χ0) is 17.6. The van der Waals surface area contributed by atoms with Gasteiger partial charge in [0.2, 0.25) is 0 Å². The summed E-state index contributed by atoms with van der Waals surface area (Å²) in [7, 11) is 0. The number of carbonyl (C=O) groups is 1. The second kappa shape index (κ2) is 8.45. The van der Waals surface area contributed by atoms with E-state index in [1.165, 1.54) is 37.3 Å². The summed E-state index contributed by atoms with van der Waals surface area (Å²) in [5, 5.41) is 3.99. The summed E-state index contributed by atoms with van der Waals surface area (Å²) >= 11 is 1.51. The Morgan fingerprint density at radius 3 is 2.68 bits per heavy atom. The number of amides is 1. The Balaban J connectivity index is 1.59. The molecule has 1 aromatic carbocycles. The van der Waals surface area contributed by atoms with Gasteiger partial charge in [0.1, 0.15) is 10.6 Å². The standard InChI is InChI=1S/C19H25N3O2S/c1-3-24-16-8-6-15(7-9-16)21-19(23)18-14(2)20-17(25-18)10-13-22-11-4-5-12-22/h6-9H,3-5,10-13H2,1-2H3,(H,21,23). The van der Waals surface area contributed by atoms with Gasteiger partial charge >= 0.3 is 0 Å². The average molecular weight is 359 g/mol. The van der Waals surface area contributed by atoms with Crippen LogP contribution in [0.2, 0.25) is 0 Å². The van der Waals surface area contributed by atoms with Gasteiger partial charge in [-0.3, -0.25) is 4.79 Å². The number of hydrogen-bond donors (Lipinski definition) is 1. The third kappa shape index (κ3) is 4.80. The minimum absolute atomic E-state index is 0.0911. The number of likely N-dealkylation sites (tertiary alicyclic amines) is 1. The van der Waals surface area contributed by atoms with Crippen molar-refractivity contribution >= 4 is 22.9 Å². The molecule has 0 radical (unpaired) electrons. The average Bonchev–Trinajstić information content (AvgIpc) is 3.24. The minimum Gasteiger partial charge on any atom is -0.494 e. The van der Waals surface area contributed by atoms with Crippen molar-refractivity contribution in [3.05, 3.63) is 39.8 Å². The lowest BCUT2D eigenvalue weighted by atomic mass is 10.3. The highest BCUT2D eigenvalue weighted by molar-refractivity contribution is 7.13. The molecule has 1 aliphatic heterocycles. The number of rotatable bonds is 7. The molecule has 1 aromatic heterocycles. The molecule has 2 aromatic rings. The van der Waals surface area contributed by atoms with E-state index in [9.17, 15) is 4.79 Å². The Morgan fingerprint density at radius 2 is 2.00 bits per heavy atom. The van der Waals surface area contributed by atoms with Crippen LogP contribution in [0.15, 0.2) is 24.3 Å². The Kier molecular flexibility index (Phi) is 6.04. The Bertz CT molecular complexity index is 706. The summed E-state index contributed by atoms with van der Waals surface area (Å²) in [6, 6.07) is 7.43. The van der Waals surface area contributed by atoms with Crippen molar-refractivity contribution in [1.29, 1.82) is 0 Å². The second-order valence-corrected chi connectivity index (χ2v) is 7.32. The summed E-state index contributed by atoms with van der Waals surface area (Å²) in [4.78, 5) is 20.3. The van der Waals surface area contributed by atoms with E-state index in [2.05, 4.69) is 15.2 Å². The van der Waals surface area contributed by atoms with E-state index < -0.39 is 0 Å². The topological polar surface area (TPSA) is 54.5 Å². The fourth-order valence-electron chi connectivity index (χ4n) is 3.02. The number of nitrogens with zero attached hydrogens (tertiary/aromatic N) is 2. The first-order chi connectivity index (χ1) is 12.2. The number of hydrogen-bond acceptors (Lipinski definition) is 5. The Labute approximate surface area is 153 Å². The van der Waals surface area contributed by atoms with E-state index >= 15 is 0 Å². The van der Waals surface area contributed by atoms with Crippen LogP contribution in [0.3, 0.4) is 0 Å². The number of aryl methyl sites for hydroxylation is 1. The van der Waals surface area contributed by atoms with Crippen molar-refractivity contribution in [3.63, 3.8) is 0 Å². The summed E-state index contributed by atoms with van der Waals surface area (Å²) in [6.07, 6.45) is 3.51. The lowest BCUT2D eigenvalue weighted by molar-refractivity contribution is 0.103. The van der Waals surface area contributed by atoms with Crippen LogP contribution in [-0.2, 0) is 6.42 Å². The SMILES string of the molecule is CCOc1ccc(NC(=O)c2sc(CCN3CCCC3)nc2C)cc1. The van der Waals surface area contributed by atoms with Crippen molar-refractivity contribution < 1.29 is 9.53 Å². The number of nitrogens with one attached hydrogen (secondary N) is 1. The zero-order valence-corrected chi connectivity index (χ0v) is 15.7. The highest BCUT2D eigenvalue weighted by Crippen LogP contribution is 2.22. The molecule has 0 spiro atoms. The Hall–Kier alpha value is -1.92. The van der Waals surface area contributed by atoms with Crippen LogP contribution >= 0.6 is 11.3 Å². The molecule has 1 aliphatic rings. The van der Waals surface area contributed by atoms with Gasteiger partial charge < -0.3 is 15.0 Å². The molecule has 3 rings (SSSR count). The molecule has 0 atom stereocenters. The molecule has 0 aliphatic carbocycles. The number of ether oxygens (including phenoxy) is 1. The predicted molar refractivity (Wildman–Crippen MR) is 102 cm³/mol. The van der Waals surface area contributed by atoms with Crippen molar-refractivity contribution in [2.45, 2.75) is 33.1 Å². The normalized spacial score (nSPS) is 14.6. The van der Waals surface area contributed by atoms with Gasteiger partial charge in [0.15, 0.2) is 0 Å². The smallest absolute Gasteiger partial charge is 0.267 e. The van der Waals surface area contributed by atoms with E-state index in [4.69, 9.17) is 4.74 Å². The van der Waals surface area contributed by atoms with Gasteiger partial charge in [-0.1, -0.05) is 0 Å². The summed E-state index contributed by atoms with van der Waals surface area (Å²) in [5.41, 5.74) is 1.57. The van der Waals surface area contributed by atoms with Crippen LogP contribution in [0.5, 0.6) is 5.75 Å². The number of carbonyl (C=O) groups excluding carboxylic acids is 1. The molecule has 1 N–H and O–H groups in total. The van der Waals surface area contributed by atoms with Gasteiger partial charge in [-0.2, -0.15) is 0 Å². The highest BCUT2D eigenvalue weighted by atomic mass is 32.1. The molecule has 0 saturated carbocycles. The van der Waals surface area contributed by atoms with Crippen molar-refractivity contribution in [3.8, 4) is 5.75 Å². The minimum atomic E-state index is -0.0911. The number of anilines is 1. The lowest BCUT2D eigenvalue weighted by Gasteiger charge is -2.12. The van der Waals surface area contributed by atoms with Gasteiger partial charge in [-0.15, -0.1) is 11.3 Å². The molecule has 25 heavy (non-hydrogen) atoms. The van der Waals surface area contributed by atoms with E-state index in [0.29, 0.717) is 11.5 Å². The highest BCUT2D eigenvalue weighted by Gasteiger charge is 2.17. The number of aromatic nitrogens is 1. The van der Waals surface area contributed by atoms with E-state index in [0.717, 1.165) is 35.1 Å². The van der Waals surface area contributed by atoms with Crippen molar-refractivity contribution in [2.24, 2.45) is 0 Å². The van der Waals surface area contributed by atoms with E-state index in [1.54, 1.807) is 0 Å². The lowest BCUT2D eigenvalue weighted by Crippen LogP contribution is -2.21. The first-order valence-corrected chi connectivity index (χ1v) is 9.70. The van der Waals surface area contributed by atoms with Crippen LogP contribution < -0.4 is 10.1 Å². The Morgan fingerprint density at radius 1 is 1.28 bits per heavy atom. The molecule has 1 saturated heterocycles. The first-order valence-electron chi connectivity index (χ1n) is 8.88. The van der Waals surface area contributed by atoms with Gasteiger partial charge in [0.25, 0.3) is 5.91 Å². The molecule has 1 amide bonds. The molecule has 0 bridgehead atoms. The van der Waals surface area contributed by atoms with Gasteiger partial charge in [0.05, 0.1) is 17.3 Å². The molecule has 6 heteroatoms. The van der Waals surface area contributed by atoms with Crippen LogP contribution in [0.4, 0.5) is 5.69 Å². The van der Waals surface area contributed by atoms with Crippen molar-refractivity contribution in [1.82, 2.24) is 9.88 Å². The maximum atomic E-state index is 12.5. The van der Waals surface area contributed by atoms with Crippen LogP contribution in [0.25, 0.3) is 0 Å². The molecular weight excluding hydrogens is 334 g/mol. The third-order valence-corrected chi connectivity index (χ3v) is 5.53. The van der Waals surface area contributed by atoms with Crippen LogP contribution in [-0.4, -0.2) is 42.0 Å². The molecule has 1 fully saturated rings. The predicted octanol–water partition coefficient (Wildman–Crippen LogP) is 3.74. The molecule has 0 unspecified atom stereocenters. The third-order valence-electron chi connectivity index (χ3n) is 4.31. The zero-order valence-electron chi connectivity index (χ0n) is 14.9. The van der Waals surface area contributed by atoms with Crippen LogP contribution in [0, 0.1) is 6.92 Å². The van der Waals surface area contributed by atoms with E-state index in [1.807, 2.05) is 38.1 Å². The number of thiazole rings is 1. The fraction of sp³-hybridized carbons (Fsp3) is 0.474.